The minimum atomic E-state index is -0.954. The molecule has 0 saturated heterocycles. The van der Waals surface area contributed by atoms with Crippen molar-refractivity contribution >= 4 is 27.9 Å². The van der Waals surface area contributed by atoms with E-state index >= 15 is 0 Å². The fourth-order valence-electron chi connectivity index (χ4n) is 3.57. The number of aromatic hydroxyl groups is 1. The van der Waals surface area contributed by atoms with Crippen LogP contribution in [0.1, 0.15) is 36.3 Å². The Balaban J connectivity index is 2.22. The Labute approximate surface area is 126 Å². The van der Waals surface area contributed by atoms with Gasteiger partial charge in [0.25, 0.3) is 0 Å². The van der Waals surface area contributed by atoms with Crippen molar-refractivity contribution in [1.82, 2.24) is 0 Å². The number of benzene rings is 1. The summed E-state index contributed by atoms with van der Waals surface area (Å²) in [6.07, 6.45) is 2.01. The van der Waals surface area contributed by atoms with Crippen LogP contribution >= 0.6 is 0 Å². The molecule has 2 N–H and O–H groups in total. The van der Waals surface area contributed by atoms with Crippen molar-refractivity contribution in [1.29, 1.82) is 0 Å². The van der Waals surface area contributed by atoms with E-state index in [-0.39, 0.29) is 5.75 Å². The van der Waals surface area contributed by atoms with Gasteiger partial charge in [-0.1, -0.05) is 6.42 Å². The summed E-state index contributed by atoms with van der Waals surface area (Å²) in [6, 6.07) is 3.50. The van der Waals surface area contributed by atoms with E-state index in [1.807, 2.05) is 0 Å². The van der Waals surface area contributed by atoms with Crippen LogP contribution in [0.5, 0.6) is 5.75 Å². The molecule has 0 radical (unpaired) electrons. The number of aryl methyl sites for hydroxylation is 2. The highest BCUT2D eigenvalue weighted by molar-refractivity contribution is 6.08. The van der Waals surface area contributed by atoms with Crippen molar-refractivity contribution in [3.63, 3.8) is 0 Å². The third kappa shape index (κ3) is 1.46. The molecule has 5 heteroatoms. The summed E-state index contributed by atoms with van der Waals surface area (Å²) < 4.78 is 11.4. The zero-order valence-corrected chi connectivity index (χ0v) is 12.4. The topological polar surface area (TPSA) is 83.8 Å². The highest BCUT2D eigenvalue weighted by Crippen LogP contribution is 2.52. The van der Waals surface area contributed by atoms with E-state index in [0.717, 1.165) is 6.42 Å². The molecular formula is C17H16O5. The maximum atomic E-state index is 12.0. The highest BCUT2D eigenvalue weighted by Gasteiger charge is 2.49. The maximum absolute atomic E-state index is 12.0. The molecule has 22 heavy (non-hydrogen) atoms. The van der Waals surface area contributed by atoms with Crippen LogP contribution in [-0.4, -0.2) is 16.2 Å². The van der Waals surface area contributed by atoms with Crippen LogP contribution in [0.3, 0.4) is 0 Å². The monoisotopic (exact) mass is 300 g/mol. The van der Waals surface area contributed by atoms with Gasteiger partial charge in [0.2, 0.25) is 0 Å². The Hall–Kier alpha value is -2.43. The fraction of sp³-hybridized carbons (Fsp3) is 0.353. The number of hydrogen-bond donors (Lipinski definition) is 2. The van der Waals surface area contributed by atoms with Crippen LogP contribution in [0.2, 0.25) is 0 Å². The zero-order chi connectivity index (χ0) is 15.6. The Morgan fingerprint density at radius 2 is 1.68 bits per heavy atom. The summed E-state index contributed by atoms with van der Waals surface area (Å²) in [5.41, 5.74) is 0.489. The average molecular weight is 300 g/mol. The van der Waals surface area contributed by atoms with E-state index in [9.17, 15) is 15.0 Å². The van der Waals surface area contributed by atoms with E-state index < -0.39 is 11.4 Å². The smallest absolute Gasteiger partial charge is 0.314 e. The number of phenols is 1. The molecule has 0 bridgehead atoms. The number of phenolic OH excluding ortho intramolecular Hbond substituents is 1. The van der Waals surface area contributed by atoms with Gasteiger partial charge >= 0.3 is 5.97 Å². The Bertz CT molecular complexity index is 866. The largest absolute Gasteiger partial charge is 0.504 e. The van der Waals surface area contributed by atoms with Crippen LogP contribution in [0.15, 0.2) is 21.0 Å². The molecule has 1 saturated carbocycles. The highest BCUT2D eigenvalue weighted by atomic mass is 16.4. The molecular weight excluding hydrogens is 284 g/mol. The van der Waals surface area contributed by atoms with E-state index in [1.165, 1.54) is 0 Å². The molecule has 1 aliphatic carbocycles. The van der Waals surface area contributed by atoms with Gasteiger partial charge in [-0.3, -0.25) is 4.79 Å². The molecule has 1 aliphatic rings. The Kier molecular flexibility index (Phi) is 2.45. The maximum Gasteiger partial charge on any atom is 0.314 e. The van der Waals surface area contributed by atoms with Gasteiger partial charge < -0.3 is 19.0 Å². The lowest BCUT2D eigenvalue weighted by molar-refractivity contribution is -0.147. The van der Waals surface area contributed by atoms with Gasteiger partial charge in [-0.2, -0.15) is 0 Å². The van der Waals surface area contributed by atoms with Crippen molar-refractivity contribution in [2.45, 2.75) is 38.5 Å². The molecule has 1 fully saturated rings. The lowest BCUT2D eigenvalue weighted by Crippen LogP contribution is -2.42. The lowest BCUT2D eigenvalue weighted by atomic mass is 9.63. The minimum Gasteiger partial charge on any atom is -0.504 e. The summed E-state index contributed by atoms with van der Waals surface area (Å²) >= 11 is 0. The summed E-state index contributed by atoms with van der Waals surface area (Å²) in [6.45, 7) is 3.56. The first-order chi connectivity index (χ1) is 10.4. The number of aliphatic carboxylic acids is 1. The minimum absolute atomic E-state index is 0.0126. The second-order valence-corrected chi connectivity index (χ2v) is 6.16. The van der Waals surface area contributed by atoms with Crippen molar-refractivity contribution < 1.29 is 23.8 Å². The van der Waals surface area contributed by atoms with Crippen LogP contribution < -0.4 is 0 Å². The van der Waals surface area contributed by atoms with E-state index in [4.69, 9.17) is 8.83 Å². The molecule has 0 atom stereocenters. The summed E-state index contributed by atoms with van der Waals surface area (Å²) in [4.78, 5) is 12.0. The molecule has 0 unspecified atom stereocenters. The van der Waals surface area contributed by atoms with Crippen LogP contribution in [0, 0.1) is 13.8 Å². The quantitative estimate of drug-likeness (QED) is 0.747. The van der Waals surface area contributed by atoms with Gasteiger partial charge in [-0.05, 0) is 38.8 Å². The van der Waals surface area contributed by atoms with Crippen molar-refractivity contribution in [3.05, 3.63) is 29.2 Å². The summed E-state index contributed by atoms with van der Waals surface area (Å²) in [5.74, 6) is 0.435. The van der Waals surface area contributed by atoms with Crippen LogP contribution in [0.4, 0.5) is 0 Å². The summed E-state index contributed by atoms with van der Waals surface area (Å²) in [7, 11) is 0. The second-order valence-electron chi connectivity index (χ2n) is 6.16. The van der Waals surface area contributed by atoms with Gasteiger partial charge in [0.15, 0.2) is 11.3 Å². The standard InChI is InChI=1S/C17H16O5/c1-8-6-10-12(17(16(19)20)4-3-5-17)14-11(7-9(2)21-14)13(18)15(10)22-8/h6-7,18H,3-5H2,1-2H3,(H,19,20). The predicted molar refractivity (Wildman–Crippen MR) is 80.3 cm³/mol. The molecule has 2 aromatic heterocycles. The molecule has 3 aromatic rings. The molecule has 1 aromatic carbocycles. The van der Waals surface area contributed by atoms with Gasteiger partial charge in [-0.25, -0.2) is 0 Å². The molecule has 2 heterocycles. The number of rotatable bonds is 2. The van der Waals surface area contributed by atoms with Gasteiger partial charge in [0.05, 0.1) is 10.8 Å². The summed E-state index contributed by atoms with van der Waals surface area (Å²) in [5, 5.41) is 21.4. The molecule has 114 valence electrons. The average Bonchev–Trinajstić information content (AvgIpc) is 2.94. The third-order valence-corrected chi connectivity index (χ3v) is 4.77. The first-order valence-electron chi connectivity index (χ1n) is 7.33. The van der Waals surface area contributed by atoms with Gasteiger partial charge in [0, 0.05) is 10.9 Å². The first kappa shape index (κ1) is 13.2. The van der Waals surface area contributed by atoms with Gasteiger partial charge in [0.1, 0.15) is 17.1 Å². The van der Waals surface area contributed by atoms with E-state index in [0.29, 0.717) is 51.9 Å². The normalized spacial score (nSPS) is 17.0. The van der Waals surface area contributed by atoms with Crippen molar-refractivity contribution in [2.24, 2.45) is 0 Å². The van der Waals surface area contributed by atoms with Gasteiger partial charge in [-0.15, -0.1) is 0 Å². The fourth-order valence-corrected chi connectivity index (χ4v) is 3.57. The third-order valence-electron chi connectivity index (χ3n) is 4.77. The number of furan rings is 2. The zero-order valence-electron chi connectivity index (χ0n) is 12.4. The molecule has 4 rings (SSSR count). The first-order valence-corrected chi connectivity index (χ1v) is 7.33. The lowest BCUT2D eigenvalue weighted by Gasteiger charge is -2.38. The van der Waals surface area contributed by atoms with E-state index in [1.54, 1.807) is 26.0 Å². The Morgan fingerprint density at radius 1 is 1.09 bits per heavy atom. The SMILES string of the molecule is Cc1cc2c(C3(C(=O)O)CCC3)c3oc(C)cc3c(O)c2o1. The van der Waals surface area contributed by atoms with Crippen molar-refractivity contribution in [3.8, 4) is 5.75 Å². The number of carboxylic acids is 1. The Morgan fingerprint density at radius 3 is 2.23 bits per heavy atom. The number of fused-ring (bicyclic) bond motifs is 2. The van der Waals surface area contributed by atoms with Crippen LogP contribution in [-0.2, 0) is 10.2 Å². The van der Waals surface area contributed by atoms with Crippen LogP contribution in [0.25, 0.3) is 21.9 Å². The number of hydrogen-bond acceptors (Lipinski definition) is 4. The van der Waals surface area contributed by atoms with E-state index in [2.05, 4.69) is 0 Å². The van der Waals surface area contributed by atoms with Crippen molar-refractivity contribution in [2.75, 3.05) is 0 Å². The predicted octanol–water partition coefficient (Wildman–Crippen LogP) is 4.01. The number of carbonyl (C=O) groups is 1. The molecule has 5 nitrogen and oxygen atoms in total. The molecule has 0 amide bonds. The number of carboxylic acid groups (broad SMARTS) is 1. The molecule has 0 spiro atoms. The molecule has 0 aliphatic heterocycles. The second kappa shape index (κ2) is 4.06.